The molecular weight excluding hydrogens is 313 g/mol. The quantitative estimate of drug-likeness (QED) is 0.874. The van der Waals surface area contributed by atoms with Gasteiger partial charge in [0.1, 0.15) is 5.82 Å². The minimum Gasteiger partial charge on any atom is -0.323 e. The van der Waals surface area contributed by atoms with E-state index in [1.807, 2.05) is 5.38 Å². The lowest BCUT2D eigenvalue weighted by Gasteiger charge is -2.32. The third kappa shape index (κ3) is 2.51. The van der Waals surface area contributed by atoms with Crippen molar-refractivity contribution in [2.75, 3.05) is 0 Å². The number of nitrogens with two attached hydrogens (primary N) is 1. The van der Waals surface area contributed by atoms with Crippen LogP contribution in [0.5, 0.6) is 0 Å². The predicted molar refractivity (Wildman–Crippen MR) is 78.4 cm³/mol. The molecular formula is C14H15BrFNS. The van der Waals surface area contributed by atoms with Gasteiger partial charge in [0.2, 0.25) is 0 Å². The van der Waals surface area contributed by atoms with Gasteiger partial charge in [0, 0.05) is 21.3 Å². The van der Waals surface area contributed by atoms with Gasteiger partial charge in [-0.2, -0.15) is 11.3 Å². The Kier molecular flexibility index (Phi) is 3.90. The Balaban J connectivity index is 2.36. The molecule has 4 heteroatoms. The van der Waals surface area contributed by atoms with Crippen molar-refractivity contribution in [2.24, 2.45) is 5.73 Å². The van der Waals surface area contributed by atoms with Gasteiger partial charge in [-0.1, -0.05) is 26.0 Å². The first-order valence-corrected chi connectivity index (χ1v) is 7.39. The van der Waals surface area contributed by atoms with Gasteiger partial charge in [0.25, 0.3) is 0 Å². The highest BCUT2D eigenvalue weighted by molar-refractivity contribution is 9.10. The Morgan fingerprint density at radius 2 is 1.83 bits per heavy atom. The maximum Gasteiger partial charge on any atom is 0.123 e. The summed E-state index contributed by atoms with van der Waals surface area (Å²) in [6, 6.07) is 6.42. The molecule has 1 atom stereocenters. The second-order valence-electron chi connectivity index (χ2n) is 4.88. The van der Waals surface area contributed by atoms with E-state index in [0.29, 0.717) is 0 Å². The number of benzene rings is 1. The molecule has 2 N–H and O–H groups in total. The minimum atomic E-state index is -0.253. The van der Waals surface area contributed by atoms with E-state index in [1.54, 1.807) is 23.5 Å². The van der Waals surface area contributed by atoms with E-state index in [0.717, 1.165) is 15.6 Å². The minimum absolute atomic E-state index is 0.136. The number of hydrogen-bond donors (Lipinski definition) is 1. The second kappa shape index (κ2) is 5.11. The van der Waals surface area contributed by atoms with Crippen LogP contribution in [0.15, 0.2) is 39.5 Å². The summed E-state index contributed by atoms with van der Waals surface area (Å²) >= 11 is 5.14. The van der Waals surface area contributed by atoms with Crippen LogP contribution in [0.25, 0.3) is 0 Å². The Hall–Kier alpha value is -0.710. The van der Waals surface area contributed by atoms with Crippen molar-refractivity contribution < 1.29 is 4.39 Å². The lowest BCUT2D eigenvalue weighted by molar-refractivity contribution is 0.420. The van der Waals surface area contributed by atoms with Crippen LogP contribution in [0.1, 0.15) is 31.0 Å². The van der Waals surface area contributed by atoms with Crippen LogP contribution < -0.4 is 5.73 Å². The average Bonchev–Trinajstić information content (AvgIpc) is 2.75. The topological polar surface area (TPSA) is 26.0 Å². The Morgan fingerprint density at radius 3 is 2.33 bits per heavy atom. The fourth-order valence-electron chi connectivity index (χ4n) is 1.96. The number of thiophene rings is 1. The van der Waals surface area contributed by atoms with Crippen molar-refractivity contribution in [1.29, 1.82) is 0 Å². The molecule has 0 amide bonds. The molecule has 1 aromatic carbocycles. The summed E-state index contributed by atoms with van der Waals surface area (Å²) in [5.74, 6) is -0.222. The monoisotopic (exact) mass is 327 g/mol. The van der Waals surface area contributed by atoms with Crippen LogP contribution in [-0.4, -0.2) is 0 Å². The number of halogens is 2. The molecule has 1 aromatic heterocycles. The number of hydrogen-bond acceptors (Lipinski definition) is 2. The van der Waals surface area contributed by atoms with Crippen molar-refractivity contribution in [1.82, 2.24) is 0 Å². The van der Waals surface area contributed by atoms with Gasteiger partial charge < -0.3 is 5.73 Å². The molecule has 0 spiro atoms. The van der Waals surface area contributed by atoms with Crippen LogP contribution in [-0.2, 0) is 5.41 Å². The van der Waals surface area contributed by atoms with E-state index in [9.17, 15) is 4.39 Å². The Morgan fingerprint density at radius 1 is 1.22 bits per heavy atom. The molecule has 0 radical (unpaired) electrons. The van der Waals surface area contributed by atoms with Crippen LogP contribution >= 0.6 is 27.3 Å². The Bertz CT molecular complexity index is 533. The molecule has 1 unspecified atom stereocenters. The molecule has 1 nitrogen and oxygen atoms in total. The van der Waals surface area contributed by atoms with Crippen molar-refractivity contribution in [3.63, 3.8) is 0 Å². The summed E-state index contributed by atoms with van der Waals surface area (Å²) < 4.78 is 14.0. The van der Waals surface area contributed by atoms with Crippen LogP contribution in [0.4, 0.5) is 4.39 Å². The first-order chi connectivity index (χ1) is 8.43. The lowest BCUT2D eigenvalue weighted by atomic mass is 9.76. The summed E-state index contributed by atoms with van der Waals surface area (Å²) in [6.45, 7) is 4.16. The fourth-order valence-corrected chi connectivity index (χ4v) is 3.54. The third-order valence-electron chi connectivity index (χ3n) is 3.34. The van der Waals surface area contributed by atoms with Gasteiger partial charge in [-0.3, -0.25) is 0 Å². The summed E-state index contributed by atoms with van der Waals surface area (Å²) in [6.07, 6.45) is 0. The van der Waals surface area contributed by atoms with Crippen molar-refractivity contribution in [3.05, 3.63) is 56.4 Å². The summed E-state index contributed by atoms with van der Waals surface area (Å²) in [4.78, 5) is 0. The van der Waals surface area contributed by atoms with Gasteiger partial charge in [-0.05, 0) is 44.6 Å². The maximum absolute atomic E-state index is 13.0. The maximum atomic E-state index is 13.0. The molecule has 1 heterocycles. The molecule has 0 fully saturated rings. The molecule has 0 saturated heterocycles. The Labute approximate surface area is 119 Å². The number of rotatable bonds is 3. The molecule has 18 heavy (non-hydrogen) atoms. The highest BCUT2D eigenvalue weighted by Gasteiger charge is 2.31. The normalized spacial score (nSPS) is 13.6. The summed E-state index contributed by atoms with van der Waals surface area (Å²) in [5, 5.41) is 4.08. The zero-order chi connectivity index (χ0) is 13.3. The fraction of sp³-hybridized carbons (Fsp3) is 0.286. The van der Waals surface area contributed by atoms with Crippen molar-refractivity contribution in [3.8, 4) is 0 Å². The van der Waals surface area contributed by atoms with Gasteiger partial charge in [0.05, 0.1) is 0 Å². The SMILES string of the molecule is CC(C)(c1ccc(F)cc1)C(N)c1cscc1Br. The van der Waals surface area contributed by atoms with Crippen LogP contribution in [0, 0.1) is 5.82 Å². The van der Waals surface area contributed by atoms with Gasteiger partial charge in [0.15, 0.2) is 0 Å². The summed E-state index contributed by atoms with van der Waals surface area (Å²) in [5.41, 5.74) is 8.25. The lowest BCUT2D eigenvalue weighted by Crippen LogP contribution is -2.33. The van der Waals surface area contributed by atoms with Crippen LogP contribution in [0.2, 0.25) is 0 Å². The molecule has 0 aliphatic carbocycles. The van der Waals surface area contributed by atoms with E-state index < -0.39 is 0 Å². The van der Waals surface area contributed by atoms with Gasteiger partial charge in [-0.15, -0.1) is 0 Å². The zero-order valence-electron chi connectivity index (χ0n) is 10.3. The second-order valence-corrected chi connectivity index (χ2v) is 6.48. The molecule has 2 aromatic rings. The highest BCUT2D eigenvalue weighted by Crippen LogP contribution is 2.39. The van der Waals surface area contributed by atoms with Crippen molar-refractivity contribution >= 4 is 27.3 Å². The first-order valence-electron chi connectivity index (χ1n) is 5.66. The van der Waals surface area contributed by atoms with E-state index in [-0.39, 0.29) is 17.3 Å². The molecule has 0 aliphatic rings. The van der Waals surface area contributed by atoms with Gasteiger partial charge in [-0.25, -0.2) is 4.39 Å². The smallest absolute Gasteiger partial charge is 0.123 e. The molecule has 0 aliphatic heterocycles. The van der Waals surface area contributed by atoms with Gasteiger partial charge >= 0.3 is 0 Å². The standard InChI is InChI=1S/C14H15BrFNS/c1-14(2,9-3-5-10(16)6-4-9)13(17)11-7-18-8-12(11)15/h3-8,13H,17H2,1-2H3. The van der Waals surface area contributed by atoms with E-state index >= 15 is 0 Å². The zero-order valence-corrected chi connectivity index (χ0v) is 12.7. The predicted octanol–water partition coefficient (Wildman–Crippen LogP) is 4.63. The summed E-state index contributed by atoms with van der Waals surface area (Å²) in [7, 11) is 0. The molecule has 0 bridgehead atoms. The largest absolute Gasteiger partial charge is 0.323 e. The van der Waals surface area contributed by atoms with E-state index in [1.165, 1.54) is 12.1 Å². The first kappa shape index (κ1) is 13.7. The van der Waals surface area contributed by atoms with E-state index in [2.05, 4.69) is 35.2 Å². The molecule has 2 rings (SSSR count). The highest BCUT2D eigenvalue weighted by atomic mass is 79.9. The average molecular weight is 328 g/mol. The molecule has 0 saturated carbocycles. The van der Waals surface area contributed by atoms with Crippen molar-refractivity contribution in [2.45, 2.75) is 25.3 Å². The third-order valence-corrected chi connectivity index (χ3v) is 5.09. The van der Waals surface area contributed by atoms with E-state index in [4.69, 9.17) is 5.73 Å². The molecule has 96 valence electrons. The van der Waals surface area contributed by atoms with Crippen LogP contribution in [0.3, 0.4) is 0 Å².